The molecular weight excluding hydrogens is 481 g/mol. The smallest absolute Gasteiger partial charge is 0.221 e. The topological polar surface area (TPSA) is 78.0 Å². The fourth-order valence-corrected chi connectivity index (χ4v) is 3.46. The van der Waals surface area contributed by atoms with Crippen molar-refractivity contribution in [3.63, 3.8) is 0 Å². The van der Waals surface area contributed by atoms with E-state index in [9.17, 15) is 4.79 Å². The van der Waals surface area contributed by atoms with E-state index in [0.29, 0.717) is 18.9 Å². The van der Waals surface area contributed by atoms with Crippen molar-refractivity contribution >= 4 is 35.8 Å². The molecule has 0 aliphatic carbocycles. The van der Waals surface area contributed by atoms with E-state index in [0.717, 1.165) is 25.4 Å². The lowest BCUT2D eigenvalue weighted by molar-refractivity contribution is -0.121. The van der Waals surface area contributed by atoms with Crippen LogP contribution in [0.3, 0.4) is 0 Å². The van der Waals surface area contributed by atoms with Crippen LogP contribution in [0.1, 0.15) is 44.7 Å². The number of ether oxygens (including phenoxy) is 1. The second kappa shape index (κ2) is 13.6. The van der Waals surface area contributed by atoms with Crippen LogP contribution in [0.15, 0.2) is 29.3 Å². The highest BCUT2D eigenvalue weighted by Crippen LogP contribution is 2.27. The van der Waals surface area contributed by atoms with Crippen molar-refractivity contribution in [1.82, 2.24) is 20.9 Å². The molecule has 1 aliphatic rings. The van der Waals surface area contributed by atoms with E-state index >= 15 is 0 Å². The first-order chi connectivity index (χ1) is 13.5. The Balaban J connectivity index is 0.00000420. The molecule has 164 valence electrons. The summed E-state index contributed by atoms with van der Waals surface area (Å²) in [4.78, 5) is 18.6. The normalized spacial score (nSPS) is 15.6. The van der Waals surface area contributed by atoms with Crippen LogP contribution in [-0.2, 0) is 4.79 Å². The van der Waals surface area contributed by atoms with Crippen LogP contribution in [0.2, 0.25) is 0 Å². The van der Waals surface area contributed by atoms with Gasteiger partial charge in [0.25, 0.3) is 0 Å². The Morgan fingerprint density at radius 3 is 2.59 bits per heavy atom. The SMILES string of the molecule is CN=C(NCCC(=O)NC(C)C)NCC(c1cccc(OC)c1)N1CCCC1.I. The maximum absolute atomic E-state index is 11.8. The quantitative estimate of drug-likeness (QED) is 0.267. The second-order valence-electron chi connectivity index (χ2n) is 7.39. The first-order valence-electron chi connectivity index (χ1n) is 10.2. The van der Waals surface area contributed by atoms with E-state index in [1.165, 1.54) is 18.4 Å². The van der Waals surface area contributed by atoms with E-state index < -0.39 is 0 Å². The molecule has 0 aromatic heterocycles. The zero-order chi connectivity index (χ0) is 20.4. The fourth-order valence-electron chi connectivity index (χ4n) is 3.46. The van der Waals surface area contributed by atoms with E-state index in [-0.39, 0.29) is 42.0 Å². The third-order valence-corrected chi connectivity index (χ3v) is 4.84. The van der Waals surface area contributed by atoms with Crippen LogP contribution in [0.25, 0.3) is 0 Å². The largest absolute Gasteiger partial charge is 0.497 e. The number of amides is 1. The number of methoxy groups -OCH3 is 1. The van der Waals surface area contributed by atoms with Crippen molar-refractivity contribution in [2.24, 2.45) is 4.99 Å². The molecule has 0 radical (unpaired) electrons. The van der Waals surface area contributed by atoms with Gasteiger partial charge in [-0.05, 0) is 57.5 Å². The minimum Gasteiger partial charge on any atom is -0.497 e. The average molecular weight is 517 g/mol. The summed E-state index contributed by atoms with van der Waals surface area (Å²) < 4.78 is 5.40. The maximum atomic E-state index is 11.8. The first-order valence-corrected chi connectivity index (χ1v) is 10.2. The maximum Gasteiger partial charge on any atom is 0.221 e. The number of nitrogens with one attached hydrogen (secondary N) is 3. The molecule has 8 heteroatoms. The fraction of sp³-hybridized carbons (Fsp3) is 0.619. The number of guanidine groups is 1. The summed E-state index contributed by atoms with van der Waals surface area (Å²) in [7, 11) is 3.45. The first kappa shape index (κ1) is 25.5. The molecule has 1 fully saturated rings. The summed E-state index contributed by atoms with van der Waals surface area (Å²) in [6, 6.07) is 8.68. The lowest BCUT2D eigenvalue weighted by Gasteiger charge is -2.29. The molecule has 1 unspecified atom stereocenters. The molecule has 0 saturated carbocycles. The Bertz CT molecular complexity index is 648. The summed E-state index contributed by atoms with van der Waals surface area (Å²) >= 11 is 0. The number of rotatable bonds is 9. The molecule has 29 heavy (non-hydrogen) atoms. The Morgan fingerprint density at radius 2 is 1.97 bits per heavy atom. The van der Waals surface area contributed by atoms with Gasteiger partial charge in [-0.25, -0.2) is 0 Å². The number of halogens is 1. The predicted molar refractivity (Wildman–Crippen MR) is 129 cm³/mol. The zero-order valence-corrected chi connectivity index (χ0v) is 20.4. The summed E-state index contributed by atoms with van der Waals surface area (Å²) in [6.07, 6.45) is 2.89. The Labute approximate surface area is 192 Å². The summed E-state index contributed by atoms with van der Waals surface area (Å²) in [5, 5.41) is 9.55. The van der Waals surface area contributed by atoms with Crippen LogP contribution >= 0.6 is 24.0 Å². The molecule has 1 heterocycles. The number of carbonyl (C=O) groups excluding carboxylic acids is 1. The highest BCUT2D eigenvalue weighted by molar-refractivity contribution is 14.0. The predicted octanol–water partition coefficient (Wildman–Crippen LogP) is 2.53. The summed E-state index contributed by atoms with van der Waals surface area (Å²) in [6.45, 7) is 7.42. The van der Waals surface area contributed by atoms with Crippen molar-refractivity contribution in [2.75, 3.05) is 40.3 Å². The number of carbonyl (C=O) groups is 1. The number of hydrogen-bond acceptors (Lipinski definition) is 4. The number of aliphatic imine (C=N–C) groups is 1. The van der Waals surface area contributed by atoms with Gasteiger partial charge in [0.15, 0.2) is 5.96 Å². The molecule has 0 bridgehead atoms. The summed E-state index contributed by atoms with van der Waals surface area (Å²) in [5.74, 6) is 1.63. The third-order valence-electron chi connectivity index (χ3n) is 4.84. The van der Waals surface area contributed by atoms with Crippen LogP contribution in [0.5, 0.6) is 5.75 Å². The minimum atomic E-state index is 0. The van der Waals surface area contributed by atoms with E-state index in [1.807, 2.05) is 26.0 Å². The third kappa shape index (κ3) is 8.77. The number of hydrogen-bond donors (Lipinski definition) is 3. The van der Waals surface area contributed by atoms with Gasteiger partial charge < -0.3 is 20.7 Å². The van der Waals surface area contributed by atoms with E-state index in [4.69, 9.17) is 4.74 Å². The molecule has 1 aliphatic heterocycles. The Hall–Kier alpha value is -1.55. The van der Waals surface area contributed by atoms with Gasteiger partial charge in [-0.3, -0.25) is 14.7 Å². The molecule has 1 amide bonds. The van der Waals surface area contributed by atoms with Crippen LogP contribution < -0.4 is 20.7 Å². The molecule has 3 N–H and O–H groups in total. The highest BCUT2D eigenvalue weighted by atomic mass is 127. The van der Waals surface area contributed by atoms with Gasteiger partial charge >= 0.3 is 0 Å². The lowest BCUT2D eigenvalue weighted by Crippen LogP contribution is -2.43. The van der Waals surface area contributed by atoms with Crippen molar-refractivity contribution in [2.45, 2.75) is 45.2 Å². The molecule has 1 atom stereocenters. The molecular formula is C21H36IN5O2. The van der Waals surface area contributed by atoms with Gasteiger partial charge in [-0.15, -0.1) is 24.0 Å². The molecule has 0 spiro atoms. The molecule has 1 aromatic rings. The van der Waals surface area contributed by atoms with Gasteiger partial charge in [0.2, 0.25) is 5.91 Å². The van der Waals surface area contributed by atoms with Crippen molar-refractivity contribution in [1.29, 1.82) is 0 Å². The van der Waals surface area contributed by atoms with E-state index in [2.05, 4.69) is 38.0 Å². The molecule has 1 aromatic carbocycles. The monoisotopic (exact) mass is 517 g/mol. The highest BCUT2D eigenvalue weighted by Gasteiger charge is 2.24. The van der Waals surface area contributed by atoms with Gasteiger partial charge in [0.1, 0.15) is 5.75 Å². The van der Waals surface area contributed by atoms with E-state index in [1.54, 1.807) is 14.2 Å². The molecule has 7 nitrogen and oxygen atoms in total. The average Bonchev–Trinajstić information content (AvgIpc) is 3.20. The molecule has 1 saturated heterocycles. The summed E-state index contributed by atoms with van der Waals surface area (Å²) in [5.41, 5.74) is 1.24. The van der Waals surface area contributed by atoms with Gasteiger partial charge in [0, 0.05) is 32.6 Å². The van der Waals surface area contributed by atoms with Crippen LogP contribution in [-0.4, -0.2) is 63.1 Å². The Morgan fingerprint density at radius 1 is 1.24 bits per heavy atom. The van der Waals surface area contributed by atoms with Crippen molar-refractivity contribution in [3.8, 4) is 5.75 Å². The number of benzene rings is 1. The zero-order valence-electron chi connectivity index (χ0n) is 18.0. The van der Waals surface area contributed by atoms with Crippen molar-refractivity contribution < 1.29 is 9.53 Å². The number of nitrogens with zero attached hydrogens (tertiary/aromatic N) is 2. The lowest BCUT2D eigenvalue weighted by atomic mass is 10.1. The van der Waals surface area contributed by atoms with Crippen LogP contribution in [0, 0.1) is 0 Å². The standard InChI is InChI=1S/C21H35N5O2.HI/c1-16(2)25-20(27)10-11-23-21(22-3)24-15-19(26-12-5-6-13-26)17-8-7-9-18(14-17)28-4;/h7-9,14,16,19H,5-6,10-13,15H2,1-4H3,(H,25,27)(H2,22,23,24);1H. The van der Waals surface area contributed by atoms with Gasteiger partial charge in [-0.2, -0.15) is 0 Å². The van der Waals surface area contributed by atoms with Crippen molar-refractivity contribution in [3.05, 3.63) is 29.8 Å². The molecule has 2 rings (SSSR count). The van der Waals surface area contributed by atoms with Crippen LogP contribution in [0.4, 0.5) is 0 Å². The second-order valence-corrected chi connectivity index (χ2v) is 7.39. The Kier molecular flexibility index (Phi) is 12.0. The van der Waals surface area contributed by atoms with Gasteiger partial charge in [0.05, 0.1) is 13.2 Å². The minimum absolute atomic E-state index is 0. The van der Waals surface area contributed by atoms with Gasteiger partial charge in [-0.1, -0.05) is 12.1 Å². The number of likely N-dealkylation sites (tertiary alicyclic amines) is 1.